The van der Waals surface area contributed by atoms with E-state index in [0.717, 1.165) is 42.3 Å². The Kier molecular flexibility index (Phi) is 7.25. The lowest BCUT2D eigenvalue weighted by Gasteiger charge is -2.20. The molecule has 0 spiro atoms. The molecule has 0 fully saturated rings. The molecule has 0 saturated carbocycles. The zero-order valence-electron chi connectivity index (χ0n) is 12.5. The van der Waals surface area contributed by atoms with Gasteiger partial charge >= 0.3 is 0 Å². The van der Waals surface area contributed by atoms with Crippen molar-refractivity contribution in [3.8, 4) is 5.75 Å². The third-order valence-electron chi connectivity index (χ3n) is 3.58. The first-order valence-electron chi connectivity index (χ1n) is 7.27. The number of benzene rings is 1. The van der Waals surface area contributed by atoms with Crippen molar-refractivity contribution in [2.75, 3.05) is 13.2 Å². The molecular weight excluding hydrogens is 258 g/mol. The fraction of sp³-hybridized carbons (Fsp3) is 0.625. The smallest absolute Gasteiger partial charge is 0.124 e. The van der Waals surface area contributed by atoms with Crippen molar-refractivity contribution in [2.24, 2.45) is 5.92 Å². The Bertz CT molecular complexity index is 377. The molecule has 0 heterocycles. The van der Waals surface area contributed by atoms with Crippen LogP contribution in [0, 0.1) is 5.92 Å². The summed E-state index contributed by atoms with van der Waals surface area (Å²) in [4.78, 5) is 0. The molecule has 0 aliphatic rings. The van der Waals surface area contributed by atoms with Crippen molar-refractivity contribution in [1.82, 2.24) is 5.32 Å². The topological polar surface area (TPSA) is 21.3 Å². The van der Waals surface area contributed by atoms with Gasteiger partial charge in [-0.05, 0) is 37.6 Å². The van der Waals surface area contributed by atoms with Gasteiger partial charge in [0.05, 0.1) is 6.61 Å². The molecule has 0 radical (unpaired) electrons. The highest BCUT2D eigenvalue weighted by Crippen LogP contribution is 2.29. The van der Waals surface area contributed by atoms with Gasteiger partial charge in [-0.3, -0.25) is 0 Å². The lowest BCUT2D eigenvalue weighted by atomic mass is 10.0. The minimum Gasteiger partial charge on any atom is -0.493 e. The molecule has 108 valence electrons. The van der Waals surface area contributed by atoms with Crippen molar-refractivity contribution >= 4 is 11.6 Å². The van der Waals surface area contributed by atoms with E-state index in [4.69, 9.17) is 16.3 Å². The van der Waals surface area contributed by atoms with Gasteiger partial charge in [0.2, 0.25) is 0 Å². The summed E-state index contributed by atoms with van der Waals surface area (Å²) in [5.41, 5.74) is 1.14. The first-order valence-corrected chi connectivity index (χ1v) is 7.65. The van der Waals surface area contributed by atoms with Crippen LogP contribution in [0.25, 0.3) is 0 Å². The fourth-order valence-electron chi connectivity index (χ4n) is 2.14. The van der Waals surface area contributed by atoms with E-state index in [0.29, 0.717) is 5.92 Å². The van der Waals surface area contributed by atoms with Crippen LogP contribution in [0.3, 0.4) is 0 Å². The Morgan fingerprint density at radius 1 is 1.21 bits per heavy atom. The Morgan fingerprint density at radius 2 is 1.89 bits per heavy atom. The second-order valence-corrected chi connectivity index (χ2v) is 5.39. The van der Waals surface area contributed by atoms with Gasteiger partial charge in [0, 0.05) is 16.6 Å². The van der Waals surface area contributed by atoms with E-state index < -0.39 is 0 Å². The molecule has 0 aromatic heterocycles. The summed E-state index contributed by atoms with van der Waals surface area (Å²) in [5, 5.41) is 4.17. The molecule has 1 N–H and O–H groups in total. The van der Waals surface area contributed by atoms with E-state index in [-0.39, 0.29) is 6.04 Å². The maximum absolute atomic E-state index is 6.09. The molecule has 19 heavy (non-hydrogen) atoms. The van der Waals surface area contributed by atoms with Gasteiger partial charge in [0.15, 0.2) is 0 Å². The van der Waals surface area contributed by atoms with Gasteiger partial charge in [-0.1, -0.05) is 45.2 Å². The largest absolute Gasteiger partial charge is 0.493 e. The van der Waals surface area contributed by atoms with E-state index in [1.807, 2.05) is 18.2 Å². The van der Waals surface area contributed by atoms with Crippen molar-refractivity contribution in [1.29, 1.82) is 0 Å². The zero-order valence-corrected chi connectivity index (χ0v) is 13.3. The first-order chi connectivity index (χ1) is 9.12. The molecule has 0 bridgehead atoms. The Hall–Kier alpha value is -0.730. The Labute approximate surface area is 122 Å². The number of nitrogens with one attached hydrogen (secondary N) is 1. The zero-order chi connectivity index (χ0) is 14.3. The highest BCUT2D eigenvalue weighted by Gasteiger charge is 2.13. The SMILES string of the molecule is CCNC(C)c1cc(Cl)ccc1OCC(CC)CC. The highest BCUT2D eigenvalue weighted by molar-refractivity contribution is 6.30. The van der Waals surface area contributed by atoms with Crippen molar-refractivity contribution < 1.29 is 4.74 Å². The minimum atomic E-state index is 0.250. The average molecular weight is 284 g/mol. The maximum Gasteiger partial charge on any atom is 0.124 e. The average Bonchev–Trinajstić information content (AvgIpc) is 2.41. The van der Waals surface area contributed by atoms with Crippen LogP contribution >= 0.6 is 11.6 Å². The van der Waals surface area contributed by atoms with Crippen molar-refractivity contribution in [3.05, 3.63) is 28.8 Å². The number of rotatable bonds is 8. The summed E-state index contributed by atoms with van der Waals surface area (Å²) >= 11 is 6.09. The summed E-state index contributed by atoms with van der Waals surface area (Å²) in [5.74, 6) is 1.57. The molecule has 0 aliphatic heterocycles. The van der Waals surface area contributed by atoms with E-state index in [2.05, 4.69) is 33.0 Å². The first kappa shape index (κ1) is 16.3. The maximum atomic E-state index is 6.09. The Morgan fingerprint density at radius 3 is 2.47 bits per heavy atom. The van der Waals surface area contributed by atoms with Gasteiger partial charge in [0.25, 0.3) is 0 Å². The standard InChI is InChI=1S/C16H26ClNO/c1-5-13(6-2)11-19-16-9-8-14(17)10-15(16)12(4)18-7-3/h8-10,12-13,18H,5-7,11H2,1-4H3. The van der Waals surface area contributed by atoms with Crippen LogP contribution < -0.4 is 10.1 Å². The minimum absolute atomic E-state index is 0.250. The van der Waals surface area contributed by atoms with Gasteiger partial charge < -0.3 is 10.1 Å². The molecule has 0 saturated heterocycles. The summed E-state index contributed by atoms with van der Waals surface area (Å²) in [6, 6.07) is 6.12. The number of ether oxygens (including phenoxy) is 1. The molecule has 1 rings (SSSR count). The normalized spacial score (nSPS) is 12.7. The van der Waals surface area contributed by atoms with Crippen LogP contribution in [0.4, 0.5) is 0 Å². The van der Waals surface area contributed by atoms with Crippen LogP contribution in [0.2, 0.25) is 5.02 Å². The summed E-state index contributed by atoms with van der Waals surface area (Å²) < 4.78 is 6.00. The van der Waals surface area contributed by atoms with Gasteiger partial charge in [0.1, 0.15) is 5.75 Å². The summed E-state index contributed by atoms with van der Waals surface area (Å²) in [7, 11) is 0. The summed E-state index contributed by atoms with van der Waals surface area (Å²) in [6.45, 7) is 10.4. The molecule has 3 heteroatoms. The van der Waals surface area contributed by atoms with Gasteiger partial charge in [-0.25, -0.2) is 0 Å². The van der Waals surface area contributed by atoms with Crippen molar-refractivity contribution in [3.63, 3.8) is 0 Å². The lowest BCUT2D eigenvalue weighted by Crippen LogP contribution is -2.19. The third kappa shape index (κ3) is 5.04. The van der Waals surface area contributed by atoms with Crippen LogP contribution in [0.15, 0.2) is 18.2 Å². The monoisotopic (exact) mass is 283 g/mol. The van der Waals surface area contributed by atoms with Crippen LogP contribution in [-0.4, -0.2) is 13.2 Å². The number of hydrogen-bond acceptors (Lipinski definition) is 2. The van der Waals surface area contributed by atoms with Crippen LogP contribution in [0.5, 0.6) is 5.75 Å². The van der Waals surface area contributed by atoms with Crippen LogP contribution in [0.1, 0.15) is 52.1 Å². The second-order valence-electron chi connectivity index (χ2n) is 4.96. The van der Waals surface area contributed by atoms with E-state index >= 15 is 0 Å². The molecule has 2 nitrogen and oxygen atoms in total. The van der Waals surface area contributed by atoms with Crippen molar-refractivity contribution in [2.45, 2.75) is 46.6 Å². The molecule has 0 aliphatic carbocycles. The third-order valence-corrected chi connectivity index (χ3v) is 3.81. The predicted octanol–water partition coefficient (Wildman–Crippen LogP) is 4.83. The number of hydrogen-bond donors (Lipinski definition) is 1. The predicted molar refractivity (Wildman–Crippen MR) is 83.1 cm³/mol. The fourth-order valence-corrected chi connectivity index (χ4v) is 2.32. The molecular formula is C16H26ClNO. The van der Waals surface area contributed by atoms with Crippen LogP contribution in [-0.2, 0) is 0 Å². The van der Waals surface area contributed by atoms with E-state index in [1.54, 1.807) is 0 Å². The van der Waals surface area contributed by atoms with Gasteiger partial charge in [-0.2, -0.15) is 0 Å². The lowest BCUT2D eigenvalue weighted by molar-refractivity contribution is 0.237. The summed E-state index contributed by atoms with van der Waals surface area (Å²) in [6.07, 6.45) is 2.31. The van der Waals surface area contributed by atoms with E-state index in [1.165, 1.54) is 0 Å². The molecule has 1 atom stereocenters. The van der Waals surface area contributed by atoms with E-state index in [9.17, 15) is 0 Å². The molecule has 0 amide bonds. The second kappa shape index (κ2) is 8.44. The van der Waals surface area contributed by atoms with Gasteiger partial charge in [-0.15, -0.1) is 0 Å². The Balaban J connectivity index is 2.81. The number of halogens is 1. The quantitative estimate of drug-likeness (QED) is 0.738. The highest BCUT2D eigenvalue weighted by atomic mass is 35.5. The molecule has 1 unspecified atom stereocenters. The molecule has 1 aromatic rings. The molecule has 1 aromatic carbocycles.